The number of aliphatic hydroxyl groups excluding tert-OH is 1. The first-order valence-corrected chi connectivity index (χ1v) is 11.4. The summed E-state index contributed by atoms with van der Waals surface area (Å²) in [5.74, 6) is 6.50. The van der Waals surface area contributed by atoms with Crippen LogP contribution in [0.5, 0.6) is 0 Å². The molecule has 0 aliphatic carbocycles. The molecule has 2 aromatic rings. The molecular weight excluding hydrogens is 438 g/mol. The molecule has 5 N–H and O–H groups in total. The number of H-pyrrole nitrogens is 1. The lowest BCUT2D eigenvalue weighted by Gasteiger charge is -2.41. The Morgan fingerprint density at radius 1 is 1.52 bits per heavy atom. The standard InChI is InChI=1S/C19H23N7O3S2/c20-26(9-19(10-27)11-29-12-19)7-16(31-15-3-1-2-4-21-15)25-17(28)14-8-30-18(24-14)13-5-22-23-6-13/h1-7,14,27H,8-12,20H2,(H,22,23)(H,25,28)/b16-7-. The average molecular weight is 462 g/mol. The monoisotopic (exact) mass is 461 g/mol. The molecule has 4 rings (SSSR count). The summed E-state index contributed by atoms with van der Waals surface area (Å²) in [5.41, 5.74) is 0.478. The highest BCUT2D eigenvalue weighted by Crippen LogP contribution is 2.29. The van der Waals surface area contributed by atoms with Gasteiger partial charge in [-0.25, -0.2) is 10.8 Å². The van der Waals surface area contributed by atoms with Gasteiger partial charge in [-0.05, 0) is 12.1 Å². The average Bonchev–Trinajstić information content (AvgIpc) is 3.43. The van der Waals surface area contributed by atoms with E-state index in [2.05, 4.69) is 25.5 Å². The lowest BCUT2D eigenvalue weighted by atomic mass is 9.87. The number of carbonyl (C=O) groups excluding carboxylic acids is 1. The van der Waals surface area contributed by atoms with E-state index in [0.717, 1.165) is 15.6 Å². The summed E-state index contributed by atoms with van der Waals surface area (Å²) in [6.45, 7) is 1.28. The number of aliphatic hydroxyl groups is 1. The molecule has 1 atom stereocenters. The minimum atomic E-state index is -0.516. The van der Waals surface area contributed by atoms with Crippen LogP contribution in [0.1, 0.15) is 5.56 Å². The van der Waals surface area contributed by atoms with Crippen LogP contribution in [-0.2, 0) is 9.53 Å². The van der Waals surface area contributed by atoms with Crippen molar-refractivity contribution >= 4 is 34.5 Å². The quantitative estimate of drug-likeness (QED) is 0.239. The number of rotatable bonds is 9. The van der Waals surface area contributed by atoms with Crippen molar-refractivity contribution in [2.24, 2.45) is 16.3 Å². The highest BCUT2D eigenvalue weighted by atomic mass is 32.2. The Balaban J connectivity index is 1.46. The fourth-order valence-electron chi connectivity index (χ4n) is 3.05. The van der Waals surface area contributed by atoms with Crippen molar-refractivity contribution in [1.29, 1.82) is 0 Å². The predicted octanol–water partition coefficient (Wildman–Crippen LogP) is 0.559. The van der Waals surface area contributed by atoms with Gasteiger partial charge in [-0.1, -0.05) is 17.8 Å². The van der Waals surface area contributed by atoms with E-state index in [-0.39, 0.29) is 17.9 Å². The van der Waals surface area contributed by atoms with E-state index < -0.39 is 6.04 Å². The van der Waals surface area contributed by atoms with Gasteiger partial charge in [0.05, 0.1) is 36.5 Å². The molecule has 10 nitrogen and oxygen atoms in total. The summed E-state index contributed by atoms with van der Waals surface area (Å²) >= 11 is 2.81. The number of carbonyl (C=O) groups is 1. The highest BCUT2D eigenvalue weighted by Gasteiger charge is 2.39. The summed E-state index contributed by atoms with van der Waals surface area (Å²) in [7, 11) is 0. The molecule has 31 heavy (non-hydrogen) atoms. The minimum Gasteiger partial charge on any atom is -0.396 e. The molecule has 2 aliphatic heterocycles. The minimum absolute atomic E-state index is 0.0194. The number of aliphatic imine (C=N–C) groups is 1. The van der Waals surface area contributed by atoms with Crippen LogP contribution in [0.4, 0.5) is 0 Å². The molecule has 1 amide bonds. The highest BCUT2D eigenvalue weighted by molar-refractivity contribution is 8.14. The molecule has 164 valence electrons. The molecule has 12 heteroatoms. The van der Waals surface area contributed by atoms with Crippen molar-refractivity contribution in [3.63, 3.8) is 0 Å². The van der Waals surface area contributed by atoms with Crippen LogP contribution < -0.4 is 11.2 Å². The van der Waals surface area contributed by atoms with Crippen LogP contribution in [-0.4, -0.2) is 74.4 Å². The van der Waals surface area contributed by atoms with E-state index in [0.29, 0.717) is 30.5 Å². The van der Waals surface area contributed by atoms with Crippen LogP contribution in [0, 0.1) is 5.41 Å². The molecule has 0 spiro atoms. The van der Waals surface area contributed by atoms with Crippen molar-refractivity contribution in [3.05, 3.63) is 53.6 Å². The summed E-state index contributed by atoms with van der Waals surface area (Å²) in [6, 6.07) is 5.03. The fourth-order valence-corrected chi connectivity index (χ4v) is 4.90. The summed E-state index contributed by atoms with van der Waals surface area (Å²) in [5, 5.41) is 22.8. The van der Waals surface area contributed by atoms with Gasteiger partial charge in [0.1, 0.15) is 16.1 Å². The number of thioether (sulfide) groups is 2. The molecule has 0 bridgehead atoms. The summed E-state index contributed by atoms with van der Waals surface area (Å²) < 4.78 is 5.23. The molecule has 0 radical (unpaired) electrons. The maximum Gasteiger partial charge on any atom is 0.250 e. The topological polar surface area (TPSA) is 142 Å². The smallest absolute Gasteiger partial charge is 0.250 e. The Bertz CT molecular complexity index is 943. The third-order valence-electron chi connectivity index (χ3n) is 4.75. The predicted molar refractivity (Wildman–Crippen MR) is 119 cm³/mol. The van der Waals surface area contributed by atoms with E-state index in [1.54, 1.807) is 24.8 Å². The van der Waals surface area contributed by atoms with Crippen LogP contribution in [0.3, 0.4) is 0 Å². The number of hydrogen-bond acceptors (Lipinski definition) is 10. The Morgan fingerprint density at radius 2 is 2.39 bits per heavy atom. The second-order valence-electron chi connectivity index (χ2n) is 7.32. The van der Waals surface area contributed by atoms with E-state index in [4.69, 9.17) is 10.6 Å². The number of nitrogens with one attached hydrogen (secondary N) is 2. The number of aromatic amines is 1. The second kappa shape index (κ2) is 9.83. The number of aromatic nitrogens is 3. The van der Waals surface area contributed by atoms with Crippen molar-refractivity contribution < 1.29 is 14.6 Å². The lowest BCUT2D eigenvalue weighted by Crippen LogP contribution is -2.53. The van der Waals surface area contributed by atoms with E-state index in [9.17, 15) is 9.90 Å². The first-order valence-electron chi connectivity index (χ1n) is 9.58. The molecule has 1 unspecified atom stereocenters. The Kier molecular flexibility index (Phi) is 6.92. The van der Waals surface area contributed by atoms with E-state index >= 15 is 0 Å². The molecule has 1 saturated heterocycles. The number of hydrazine groups is 1. The zero-order valence-corrected chi connectivity index (χ0v) is 18.2. The molecule has 0 aromatic carbocycles. The Labute approximate surface area is 187 Å². The number of amides is 1. The van der Waals surface area contributed by atoms with Crippen molar-refractivity contribution in [1.82, 2.24) is 25.5 Å². The van der Waals surface area contributed by atoms with Crippen molar-refractivity contribution in [2.75, 3.05) is 32.1 Å². The lowest BCUT2D eigenvalue weighted by molar-refractivity contribution is -0.144. The van der Waals surface area contributed by atoms with Crippen molar-refractivity contribution in [2.45, 2.75) is 11.1 Å². The van der Waals surface area contributed by atoms with Gasteiger partial charge >= 0.3 is 0 Å². The van der Waals surface area contributed by atoms with Crippen molar-refractivity contribution in [3.8, 4) is 0 Å². The fraction of sp³-hybridized carbons (Fsp3) is 0.368. The maximum atomic E-state index is 12.9. The third kappa shape index (κ3) is 5.46. The Morgan fingerprint density at radius 3 is 3.03 bits per heavy atom. The number of pyridine rings is 1. The first kappa shape index (κ1) is 21.8. The van der Waals surface area contributed by atoms with Gasteiger partial charge in [0.15, 0.2) is 0 Å². The molecule has 2 aliphatic rings. The number of nitrogens with zero attached hydrogens (tertiary/aromatic N) is 4. The van der Waals surface area contributed by atoms with Crippen LogP contribution in [0.15, 0.2) is 58.0 Å². The van der Waals surface area contributed by atoms with Crippen LogP contribution in [0.2, 0.25) is 0 Å². The zero-order valence-electron chi connectivity index (χ0n) is 16.6. The van der Waals surface area contributed by atoms with E-state index in [1.807, 2.05) is 18.2 Å². The van der Waals surface area contributed by atoms with Gasteiger partial charge in [-0.3, -0.25) is 14.9 Å². The van der Waals surface area contributed by atoms with Gasteiger partial charge in [0.2, 0.25) is 0 Å². The molecular formula is C19H23N7O3S2. The summed E-state index contributed by atoms with van der Waals surface area (Å²) in [4.78, 5) is 21.7. The van der Waals surface area contributed by atoms with Gasteiger partial charge in [0, 0.05) is 36.5 Å². The zero-order chi connectivity index (χ0) is 21.7. The molecule has 0 saturated carbocycles. The van der Waals surface area contributed by atoms with E-state index in [1.165, 1.54) is 28.5 Å². The van der Waals surface area contributed by atoms with Gasteiger partial charge in [-0.15, -0.1) is 11.8 Å². The largest absolute Gasteiger partial charge is 0.396 e. The summed E-state index contributed by atoms with van der Waals surface area (Å²) in [6.07, 6.45) is 6.77. The molecule has 1 fully saturated rings. The normalized spacial score (nSPS) is 20.1. The SMILES string of the molecule is NN(/C=C(/NC(=O)C1CSC(c2cn[nH]c2)=N1)Sc1ccccn1)CC1(CO)COC1. The maximum absolute atomic E-state index is 12.9. The third-order valence-corrected chi connectivity index (χ3v) is 6.73. The van der Waals surface area contributed by atoms with Crippen LogP contribution >= 0.6 is 23.5 Å². The number of hydrogen-bond donors (Lipinski definition) is 4. The molecule has 2 aromatic heterocycles. The van der Waals surface area contributed by atoms with Crippen LogP contribution in [0.25, 0.3) is 0 Å². The van der Waals surface area contributed by atoms with Gasteiger partial charge in [-0.2, -0.15) is 5.10 Å². The second-order valence-corrected chi connectivity index (χ2v) is 9.39. The first-order chi connectivity index (χ1) is 15.1. The Hall–Kier alpha value is -2.38. The van der Waals surface area contributed by atoms with Gasteiger partial charge in [0.25, 0.3) is 5.91 Å². The molecule has 4 heterocycles. The van der Waals surface area contributed by atoms with Gasteiger partial charge < -0.3 is 20.2 Å². The number of ether oxygens (including phenoxy) is 1. The number of nitrogens with two attached hydrogens (primary N) is 1.